The van der Waals surface area contributed by atoms with E-state index >= 15 is 0 Å². The van der Waals surface area contributed by atoms with Gasteiger partial charge in [0.15, 0.2) is 0 Å². The Morgan fingerprint density at radius 3 is 2.71 bits per heavy atom. The van der Waals surface area contributed by atoms with E-state index in [1.807, 2.05) is 0 Å². The molecule has 0 aromatic carbocycles. The largest absolute Gasteiger partial charge is 0.481 e. The summed E-state index contributed by atoms with van der Waals surface area (Å²) in [5.74, 6) is -0.753. The summed E-state index contributed by atoms with van der Waals surface area (Å²) in [5, 5.41) is 15.0. The Kier molecular flexibility index (Phi) is 6.86. The second-order valence-corrected chi connectivity index (χ2v) is 7.93. The highest BCUT2D eigenvalue weighted by Gasteiger charge is 2.25. The third-order valence-electron chi connectivity index (χ3n) is 4.70. The van der Waals surface area contributed by atoms with Crippen molar-refractivity contribution in [3.63, 3.8) is 0 Å². The molecule has 0 saturated carbocycles. The maximum absolute atomic E-state index is 12.9. The number of carboxylic acid groups (broad SMARTS) is 1. The van der Waals surface area contributed by atoms with Crippen LogP contribution in [0.5, 0.6) is 0 Å². The third kappa shape index (κ3) is 5.22. The number of furan rings is 1. The number of carbonyl (C=O) groups excluding carboxylic acids is 2. The number of nitrogens with one attached hydrogen (secondary N) is 2. The molecule has 2 aromatic rings. The van der Waals surface area contributed by atoms with Crippen molar-refractivity contribution in [2.24, 2.45) is 0 Å². The van der Waals surface area contributed by atoms with Crippen LogP contribution in [0.1, 0.15) is 65.1 Å². The lowest BCUT2D eigenvalue weighted by Gasteiger charge is -2.09. The normalized spacial score (nSPS) is 13.4. The SMILES string of the molecule is O=C(O)CCCC(=O)Nc1sc2c(c1C(=O)NCc1ccco1)CCCCC2. The number of amides is 2. The Labute approximate surface area is 167 Å². The Bertz CT molecular complexity index is 841. The quantitative estimate of drug-likeness (QED) is 0.581. The van der Waals surface area contributed by atoms with Gasteiger partial charge in [-0.3, -0.25) is 14.4 Å². The van der Waals surface area contributed by atoms with Gasteiger partial charge in [0.25, 0.3) is 5.91 Å². The lowest BCUT2D eigenvalue weighted by atomic mass is 10.0. The van der Waals surface area contributed by atoms with Crippen molar-refractivity contribution in [2.75, 3.05) is 5.32 Å². The summed E-state index contributed by atoms with van der Waals surface area (Å²) in [6, 6.07) is 3.56. The minimum absolute atomic E-state index is 0.0507. The Morgan fingerprint density at radius 1 is 1.14 bits per heavy atom. The molecule has 2 amide bonds. The molecule has 8 heteroatoms. The molecular formula is C20H24N2O5S. The number of anilines is 1. The van der Waals surface area contributed by atoms with Crippen molar-refractivity contribution >= 4 is 34.1 Å². The number of aryl methyl sites for hydroxylation is 1. The Morgan fingerprint density at radius 2 is 1.96 bits per heavy atom. The van der Waals surface area contributed by atoms with Gasteiger partial charge in [-0.1, -0.05) is 6.42 Å². The van der Waals surface area contributed by atoms with Crippen molar-refractivity contribution in [3.05, 3.63) is 40.2 Å². The van der Waals surface area contributed by atoms with E-state index < -0.39 is 5.97 Å². The van der Waals surface area contributed by atoms with Gasteiger partial charge in [0.1, 0.15) is 10.8 Å². The van der Waals surface area contributed by atoms with Crippen LogP contribution >= 0.6 is 11.3 Å². The summed E-state index contributed by atoms with van der Waals surface area (Å²) < 4.78 is 5.26. The van der Waals surface area contributed by atoms with E-state index in [1.165, 1.54) is 11.3 Å². The zero-order valence-electron chi connectivity index (χ0n) is 15.6. The fourth-order valence-electron chi connectivity index (χ4n) is 3.33. The van der Waals surface area contributed by atoms with Gasteiger partial charge in [-0.05, 0) is 49.8 Å². The molecular weight excluding hydrogens is 380 g/mol. The van der Waals surface area contributed by atoms with E-state index in [0.29, 0.717) is 16.3 Å². The maximum atomic E-state index is 12.9. The van der Waals surface area contributed by atoms with Crippen molar-refractivity contribution in [3.8, 4) is 0 Å². The molecule has 1 aliphatic carbocycles. The van der Waals surface area contributed by atoms with Gasteiger partial charge < -0.3 is 20.2 Å². The number of rotatable bonds is 8. The predicted molar refractivity (Wildman–Crippen MR) is 106 cm³/mol. The number of carbonyl (C=O) groups is 3. The third-order valence-corrected chi connectivity index (χ3v) is 5.91. The second kappa shape index (κ2) is 9.54. The number of aliphatic carboxylic acids is 1. The van der Waals surface area contributed by atoms with Gasteiger partial charge in [-0.15, -0.1) is 11.3 Å². The van der Waals surface area contributed by atoms with Crippen LogP contribution in [-0.4, -0.2) is 22.9 Å². The van der Waals surface area contributed by atoms with Crippen molar-refractivity contribution in [2.45, 2.75) is 57.9 Å². The fourth-order valence-corrected chi connectivity index (χ4v) is 4.63. The van der Waals surface area contributed by atoms with Gasteiger partial charge >= 0.3 is 5.97 Å². The van der Waals surface area contributed by atoms with Gasteiger partial charge in [-0.25, -0.2) is 0 Å². The molecule has 3 rings (SSSR count). The molecule has 0 bridgehead atoms. The smallest absolute Gasteiger partial charge is 0.303 e. The van der Waals surface area contributed by atoms with Crippen LogP contribution in [-0.2, 0) is 29.0 Å². The first-order valence-electron chi connectivity index (χ1n) is 9.51. The molecule has 2 heterocycles. The summed E-state index contributed by atoms with van der Waals surface area (Å²) in [6.07, 6.45) is 6.85. The predicted octanol–water partition coefficient (Wildman–Crippen LogP) is 3.73. The summed E-state index contributed by atoms with van der Waals surface area (Å²) in [5.41, 5.74) is 1.57. The van der Waals surface area contributed by atoms with Crippen LogP contribution in [0.4, 0.5) is 5.00 Å². The molecule has 3 N–H and O–H groups in total. The first-order chi connectivity index (χ1) is 13.5. The molecule has 0 fully saturated rings. The lowest BCUT2D eigenvalue weighted by molar-refractivity contribution is -0.137. The Balaban J connectivity index is 1.75. The zero-order chi connectivity index (χ0) is 19.9. The molecule has 2 aromatic heterocycles. The number of hydrogen-bond donors (Lipinski definition) is 3. The molecule has 7 nitrogen and oxygen atoms in total. The maximum Gasteiger partial charge on any atom is 0.303 e. The van der Waals surface area contributed by atoms with Crippen LogP contribution in [0.2, 0.25) is 0 Å². The summed E-state index contributed by atoms with van der Waals surface area (Å²) in [6.45, 7) is 0.280. The highest BCUT2D eigenvalue weighted by molar-refractivity contribution is 7.17. The minimum Gasteiger partial charge on any atom is -0.481 e. The van der Waals surface area contributed by atoms with Crippen LogP contribution in [0.25, 0.3) is 0 Å². The van der Waals surface area contributed by atoms with Crippen molar-refractivity contribution in [1.82, 2.24) is 5.32 Å². The fraction of sp³-hybridized carbons (Fsp3) is 0.450. The van der Waals surface area contributed by atoms with E-state index in [1.54, 1.807) is 18.4 Å². The summed E-state index contributed by atoms with van der Waals surface area (Å²) in [4.78, 5) is 36.9. The number of fused-ring (bicyclic) bond motifs is 1. The highest BCUT2D eigenvalue weighted by Crippen LogP contribution is 2.37. The lowest BCUT2D eigenvalue weighted by Crippen LogP contribution is -2.25. The average molecular weight is 404 g/mol. The van der Waals surface area contributed by atoms with Crippen molar-refractivity contribution in [1.29, 1.82) is 0 Å². The molecule has 1 aliphatic rings. The average Bonchev–Trinajstić information content (AvgIpc) is 3.22. The molecule has 28 heavy (non-hydrogen) atoms. The second-order valence-electron chi connectivity index (χ2n) is 6.83. The monoisotopic (exact) mass is 404 g/mol. The molecule has 0 aliphatic heterocycles. The van der Waals surface area contributed by atoms with Gasteiger partial charge in [0.2, 0.25) is 5.91 Å². The topological polar surface area (TPSA) is 109 Å². The molecule has 0 radical (unpaired) electrons. The van der Waals surface area contributed by atoms with E-state index in [2.05, 4.69) is 10.6 Å². The standard InChI is InChI=1S/C20H24N2O5S/c23-16(9-4-10-17(24)25)22-20-18(14-7-2-1-3-8-15(14)28-20)19(26)21-12-13-6-5-11-27-13/h5-6,11H,1-4,7-10,12H2,(H,21,26)(H,22,23)(H,24,25). The van der Waals surface area contributed by atoms with Crippen molar-refractivity contribution < 1.29 is 23.9 Å². The van der Waals surface area contributed by atoms with Gasteiger partial charge in [0, 0.05) is 17.7 Å². The van der Waals surface area contributed by atoms with Gasteiger partial charge in [-0.2, -0.15) is 0 Å². The molecule has 150 valence electrons. The van der Waals surface area contributed by atoms with Gasteiger partial charge in [0.05, 0.1) is 18.4 Å². The first-order valence-corrected chi connectivity index (χ1v) is 10.3. The van der Waals surface area contributed by atoms with Crippen LogP contribution in [0, 0.1) is 0 Å². The molecule has 0 spiro atoms. The van der Waals surface area contributed by atoms with Crippen LogP contribution in [0.15, 0.2) is 22.8 Å². The molecule has 0 atom stereocenters. The van der Waals surface area contributed by atoms with E-state index in [4.69, 9.17) is 9.52 Å². The zero-order valence-corrected chi connectivity index (χ0v) is 16.4. The van der Waals surface area contributed by atoms with E-state index in [0.717, 1.165) is 42.5 Å². The summed E-state index contributed by atoms with van der Waals surface area (Å²) in [7, 11) is 0. The first kappa shape index (κ1) is 20.1. The van der Waals surface area contributed by atoms with Crippen LogP contribution < -0.4 is 10.6 Å². The molecule has 0 saturated heterocycles. The summed E-state index contributed by atoms with van der Waals surface area (Å²) >= 11 is 1.46. The molecule has 0 unspecified atom stereocenters. The Hall–Kier alpha value is -2.61. The number of carboxylic acids is 1. The number of hydrogen-bond acceptors (Lipinski definition) is 5. The van der Waals surface area contributed by atoms with E-state index in [9.17, 15) is 14.4 Å². The number of thiophene rings is 1. The van der Waals surface area contributed by atoms with Crippen LogP contribution in [0.3, 0.4) is 0 Å². The highest BCUT2D eigenvalue weighted by atomic mass is 32.1. The van der Waals surface area contributed by atoms with E-state index in [-0.39, 0.29) is 37.6 Å². The minimum atomic E-state index is -0.923.